The molecule has 0 aliphatic heterocycles. The summed E-state index contributed by atoms with van der Waals surface area (Å²) in [6.07, 6.45) is 0. The molecule has 2 aromatic rings. The maximum atomic E-state index is 10.5. The summed E-state index contributed by atoms with van der Waals surface area (Å²) in [5.41, 5.74) is 1.81. The van der Waals surface area contributed by atoms with E-state index in [-0.39, 0.29) is 4.90 Å². The molecular formula is C14H15O3S-. The second-order valence-corrected chi connectivity index (χ2v) is 5.22. The fourth-order valence-electron chi connectivity index (χ4n) is 1.37. The molecule has 0 fully saturated rings. The predicted molar refractivity (Wildman–Crippen MR) is 70.3 cm³/mol. The van der Waals surface area contributed by atoms with Crippen molar-refractivity contribution in [2.75, 3.05) is 0 Å². The van der Waals surface area contributed by atoms with Crippen LogP contribution in [0.1, 0.15) is 11.1 Å². The first-order chi connectivity index (χ1) is 8.41. The van der Waals surface area contributed by atoms with Gasteiger partial charge in [-0.25, -0.2) is 8.42 Å². The Bertz CT molecular complexity index is 589. The Balaban J connectivity index is 0.000000199. The maximum Gasteiger partial charge on any atom is 0.124 e. The van der Waals surface area contributed by atoms with Crippen LogP contribution in [0.15, 0.2) is 59.5 Å². The predicted octanol–water partition coefficient (Wildman–Crippen LogP) is 2.89. The van der Waals surface area contributed by atoms with Gasteiger partial charge < -0.3 is 4.55 Å². The van der Waals surface area contributed by atoms with Gasteiger partial charge in [-0.3, -0.25) is 0 Å². The standard InChI is InChI=1S/C7H8O3S.C7H8/c1-6-4-2-3-5-7(6)11(8,9)10;1-7-5-3-2-4-6-7/h2-5H,1H3,(H,8,9,10);2-6H,1H3/p-1. The van der Waals surface area contributed by atoms with E-state index >= 15 is 0 Å². The van der Waals surface area contributed by atoms with Crippen LogP contribution < -0.4 is 0 Å². The highest BCUT2D eigenvalue weighted by Gasteiger charge is 2.02. The van der Waals surface area contributed by atoms with E-state index in [2.05, 4.69) is 19.1 Å². The zero-order valence-electron chi connectivity index (χ0n) is 10.3. The smallest absolute Gasteiger partial charge is 0.124 e. The van der Waals surface area contributed by atoms with Gasteiger partial charge in [0.15, 0.2) is 0 Å². The highest BCUT2D eigenvalue weighted by molar-refractivity contribution is 7.85. The zero-order chi connectivity index (χ0) is 13.6. The van der Waals surface area contributed by atoms with E-state index in [4.69, 9.17) is 0 Å². The van der Waals surface area contributed by atoms with Gasteiger partial charge in [0.05, 0.1) is 4.90 Å². The molecule has 2 aromatic carbocycles. The van der Waals surface area contributed by atoms with Crippen molar-refractivity contribution in [2.24, 2.45) is 0 Å². The lowest BCUT2D eigenvalue weighted by atomic mass is 10.2. The largest absolute Gasteiger partial charge is 0.744 e. The number of hydrogen-bond donors (Lipinski definition) is 0. The van der Waals surface area contributed by atoms with E-state index in [0.717, 1.165) is 0 Å². The van der Waals surface area contributed by atoms with Crippen LogP contribution in [0.5, 0.6) is 0 Å². The summed E-state index contributed by atoms with van der Waals surface area (Å²) in [5.74, 6) is 0. The summed E-state index contributed by atoms with van der Waals surface area (Å²) in [4.78, 5) is -0.139. The fourth-order valence-corrected chi connectivity index (χ4v) is 2.08. The number of rotatable bonds is 1. The molecule has 0 amide bonds. The molecule has 2 rings (SSSR count). The summed E-state index contributed by atoms with van der Waals surface area (Å²) in [5, 5.41) is 0. The molecule has 0 bridgehead atoms. The lowest BCUT2D eigenvalue weighted by Gasteiger charge is -2.08. The number of aryl methyl sites for hydroxylation is 2. The summed E-state index contributed by atoms with van der Waals surface area (Å²) >= 11 is 0. The summed E-state index contributed by atoms with van der Waals surface area (Å²) in [6, 6.07) is 16.4. The lowest BCUT2D eigenvalue weighted by Crippen LogP contribution is -2.00. The van der Waals surface area contributed by atoms with Crippen molar-refractivity contribution < 1.29 is 13.0 Å². The first kappa shape index (κ1) is 14.4. The van der Waals surface area contributed by atoms with E-state index in [1.807, 2.05) is 18.2 Å². The average molecular weight is 263 g/mol. The van der Waals surface area contributed by atoms with Crippen LogP contribution in [0.4, 0.5) is 0 Å². The summed E-state index contributed by atoms with van der Waals surface area (Å²) < 4.78 is 31.5. The Hall–Kier alpha value is -1.65. The number of hydrogen-bond acceptors (Lipinski definition) is 3. The monoisotopic (exact) mass is 263 g/mol. The number of benzene rings is 2. The molecule has 96 valence electrons. The molecule has 0 saturated heterocycles. The second-order valence-electron chi connectivity index (χ2n) is 3.87. The Morgan fingerprint density at radius 2 is 1.33 bits per heavy atom. The van der Waals surface area contributed by atoms with Gasteiger partial charge in [-0.05, 0) is 25.5 Å². The molecule has 0 unspecified atom stereocenters. The van der Waals surface area contributed by atoms with Gasteiger partial charge in [0.2, 0.25) is 0 Å². The van der Waals surface area contributed by atoms with Crippen molar-refractivity contribution in [3.8, 4) is 0 Å². The molecule has 0 atom stereocenters. The Kier molecular flexibility index (Phi) is 5.07. The second kappa shape index (κ2) is 6.33. The van der Waals surface area contributed by atoms with Gasteiger partial charge in [-0.15, -0.1) is 0 Å². The van der Waals surface area contributed by atoms with E-state index in [0.29, 0.717) is 5.56 Å². The highest BCUT2D eigenvalue weighted by Crippen LogP contribution is 2.12. The van der Waals surface area contributed by atoms with Crippen LogP contribution in [0.25, 0.3) is 0 Å². The van der Waals surface area contributed by atoms with E-state index in [1.54, 1.807) is 19.1 Å². The van der Waals surface area contributed by atoms with Crippen molar-refractivity contribution >= 4 is 10.1 Å². The Labute approximate surface area is 108 Å². The third-order valence-corrected chi connectivity index (χ3v) is 3.30. The quantitative estimate of drug-likeness (QED) is 0.743. The van der Waals surface area contributed by atoms with Crippen molar-refractivity contribution in [3.63, 3.8) is 0 Å². The van der Waals surface area contributed by atoms with Crippen molar-refractivity contribution in [1.82, 2.24) is 0 Å². The molecule has 0 N–H and O–H groups in total. The Morgan fingerprint density at radius 3 is 1.67 bits per heavy atom. The summed E-state index contributed by atoms with van der Waals surface area (Å²) in [6.45, 7) is 3.67. The molecule has 0 spiro atoms. The normalized spacial score (nSPS) is 10.4. The third kappa shape index (κ3) is 4.69. The van der Waals surface area contributed by atoms with Crippen molar-refractivity contribution in [1.29, 1.82) is 0 Å². The molecule has 0 aliphatic rings. The molecule has 0 radical (unpaired) electrons. The van der Waals surface area contributed by atoms with Gasteiger partial charge in [-0.1, -0.05) is 54.1 Å². The van der Waals surface area contributed by atoms with E-state index < -0.39 is 10.1 Å². The van der Waals surface area contributed by atoms with Gasteiger partial charge in [-0.2, -0.15) is 0 Å². The first-order valence-corrected chi connectivity index (χ1v) is 6.85. The molecule has 0 heterocycles. The van der Waals surface area contributed by atoms with Gasteiger partial charge in [0.1, 0.15) is 10.1 Å². The minimum atomic E-state index is -4.28. The first-order valence-electron chi connectivity index (χ1n) is 5.44. The average Bonchev–Trinajstić information content (AvgIpc) is 2.30. The minimum absolute atomic E-state index is 0.139. The minimum Gasteiger partial charge on any atom is -0.744 e. The van der Waals surface area contributed by atoms with Crippen LogP contribution in [-0.2, 0) is 10.1 Å². The van der Waals surface area contributed by atoms with E-state index in [9.17, 15) is 13.0 Å². The van der Waals surface area contributed by atoms with Crippen LogP contribution in [0, 0.1) is 13.8 Å². The molecule has 0 aromatic heterocycles. The lowest BCUT2D eigenvalue weighted by molar-refractivity contribution is 0.462. The fraction of sp³-hybridized carbons (Fsp3) is 0.143. The van der Waals surface area contributed by atoms with Crippen molar-refractivity contribution in [3.05, 3.63) is 65.7 Å². The zero-order valence-corrected chi connectivity index (χ0v) is 11.1. The SMILES string of the molecule is Cc1ccccc1.Cc1ccccc1S(=O)(=O)[O-]. The maximum absolute atomic E-state index is 10.5. The topological polar surface area (TPSA) is 57.2 Å². The van der Waals surface area contributed by atoms with Gasteiger partial charge in [0.25, 0.3) is 0 Å². The third-order valence-electron chi connectivity index (χ3n) is 2.30. The Morgan fingerprint density at radius 1 is 0.833 bits per heavy atom. The molecule has 0 saturated carbocycles. The van der Waals surface area contributed by atoms with E-state index in [1.165, 1.54) is 17.7 Å². The highest BCUT2D eigenvalue weighted by atomic mass is 32.2. The molecule has 18 heavy (non-hydrogen) atoms. The summed E-state index contributed by atoms with van der Waals surface area (Å²) in [7, 11) is -4.28. The van der Waals surface area contributed by atoms with Crippen LogP contribution in [0.3, 0.4) is 0 Å². The van der Waals surface area contributed by atoms with Crippen LogP contribution in [-0.4, -0.2) is 13.0 Å². The molecular weight excluding hydrogens is 248 g/mol. The van der Waals surface area contributed by atoms with Gasteiger partial charge >= 0.3 is 0 Å². The van der Waals surface area contributed by atoms with Crippen LogP contribution >= 0.6 is 0 Å². The molecule has 0 aliphatic carbocycles. The van der Waals surface area contributed by atoms with Gasteiger partial charge in [0, 0.05) is 0 Å². The molecule has 3 nitrogen and oxygen atoms in total. The molecule has 4 heteroatoms. The van der Waals surface area contributed by atoms with Crippen LogP contribution in [0.2, 0.25) is 0 Å². The van der Waals surface area contributed by atoms with Crippen molar-refractivity contribution in [2.45, 2.75) is 18.7 Å².